The van der Waals surface area contributed by atoms with Gasteiger partial charge in [-0.3, -0.25) is 4.90 Å². The third kappa shape index (κ3) is 2.34. The maximum absolute atomic E-state index is 6.18. The topological polar surface area (TPSA) is 29.3 Å². The molecule has 1 aliphatic heterocycles. The monoisotopic (exact) mass is 240 g/mol. The Balaban J connectivity index is 1.88. The lowest BCUT2D eigenvalue weighted by Crippen LogP contribution is -2.29. The number of nitrogens with zero attached hydrogens (tertiary/aromatic N) is 1. The van der Waals surface area contributed by atoms with Gasteiger partial charge in [-0.1, -0.05) is 30.7 Å². The number of hydrogen-bond donors (Lipinski definition) is 1. The van der Waals surface area contributed by atoms with Crippen LogP contribution in [0.2, 0.25) is 0 Å². The molecule has 2 aromatic rings. The van der Waals surface area contributed by atoms with Crippen LogP contribution in [0.25, 0.3) is 10.8 Å². The first-order valence-electron chi connectivity index (χ1n) is 6.82. The lowest BCUT2D eigenvalue weighted by atomic mass is 10.0. The van der Waals surface area contributed by atoms with E-state index in [4.69, 9.17) is 5.73 Å². The fourth-order valence-corrected chi connectivity index (χ4v) is 2.80. The Labute approximate surface area is 108 Å². The Morgan fingerprint density at radius 1 is 0.944 bits per heavy atom. The Bertz CT molecular complexity index is 542. The highest BCUT2D eigenvalue weighted by Gasteiger charge is 2.12. The largest absolute Gasteiger partial charge is 0.398 e. The molecule has 2 aromatic carbocycles. The molecular weight excluding hydrogens is 220 g/mol. The zero-order chi connectivity index (χ0) is 12.4. The summed E-state index contributed by atoms with van der Waals surface area (Å²) in [5.74, 6) is 0. The Hall–Kier alpha value is -1.54. The van der Waals surface area contributed by atoms with Crippen LogP contribution in [0.15, 0.2) is 36.4 Å². The molecule has 0 aliphatic carbocycles. The fourth-order valence-electron chi connectivity index (χ4n) is 2.80. The Morgan fingerprint density at radius 3 is 2.33 bits per heavy atom. The second-order valence-electron chi connectivity index (χ2n) is 5.23. The number of hydrogen-bond acceptors (Lipinski definition) is 2. The summed E-state index contributed by atoms with van der Waals surface area (Å²) < 4.78 is 0. The van der Waals surface area contributed by atoms with E-state index < -0.39 is 0 Å². The van der Waals surface area contributed by atoms with Gasteiger partial charge < -0.3 is 5.73 Å². The van der Waals surface area contributed by atoms with E-state index in [1.807, 2.05) is 0 Å². The molecule has 94 valence electrons. The number of benzene rings is 2. The van der Waals surface area contributed by atoms with Gasteiger partial charge in [-0.15, -0.1) is 0 Å². The van der Waals surface area contributed by atoms with Crippen LogP contribution >= 0.6 is 0 Å². The van der Waals surface area contributed by atoms with Crippen molar-refractivity contribution in [3.05, 3.63) is 42.0 Å². The van der Waals surface area contributed by atoms with Crippen molar-refractivity contribution in [2.75, 3.05) is 18.8 Å². The van der Waals surface area contributed by atoms with Crippen LogP contribution in [-0.4, -0.2) is 18.0 Å². The predicted octanol–water partition coefficient (Wildman–Crippen LogP) is 3.41. The molecule has 2 nitrogen and oxygen atoms in total. The van der Waals surface area contributed by atoms with Gasteiger partial charge in [0.05, 0.1) is 0 Å². The smallest absolute Gasteiger partial charge is 0.0366 e. The van der Waals surface area contributed by atoms with Gasteiger partial charge in [-0.05, 0) is 54.4 Å². The van der Waals surface area contributed by atoms with Crippen molar-refractivity contribution in [3.8, 4) is 0 Å². The summed E-state index contributed by atoms with van der Waals surface area (Å²) in [6.45, 7) is 3.43. The van der Waals surface area contributed by atoms with Gasteiger partial charge in [0.1, 0.15) is 0 Å². The van der Waals surface area contributed by atoms with Crippen molar-refractivity contribution in [1.82, 2.24) is 4.90 Å². The molecule has 0 atom stereocenters. The molecule has 2 N–H and O–H groups in total. The minimum absolute atomic E-state index is 0.930. The van der Waals surface area contributed by atoms with E-state index >= 15 is 0 Å². The van der Waals surface area contributed by atoms with Crippen molar-refractivity contribution in [2.24, 2.45) is 0 Å². The van der Waals surface area contributed by atoms with Gasteiger partial charge in [0.15, 0.2) is 0 Å². The van der Waals surface area contributed by atoms with E-state index in [1.54, 1.807) is 0 Å². The lowest BCUT2D eigenvalue weighted by molar-refractivity contribution is 0.221. The summed E-state index contributed by atoms with van der Waals surface area (Å²) in [6, 6.07) is 12.8. The molecule has 0 bridgehead atoms. The third-order valence-corrected chi connectivity index (χ3v) is 3.85. The number of anilines is 1. The van der Waals surface area contributed by atoms with Crippen molar-refractivity contribution < 1.29 is 0 Å². The molecule has 0 unspecified atom stereocenters. The van der Waals surface area contributed by atoms with Crippen molar-refractivity contribution in [3.63, 3.8) is 0 Å². The molecule has 1 heterocycles. The number of piperidine rings is 1. The van der Waals surface area contributed by atoms with Gasteiger partial charge in [0, 0.05) is 12.2 Å². The van der Waals surface area contributed by atoms with E-state index in [9.17, 15) is 0 Å². The van der Waals surface area contributed by atoms with E-state index in [1.165, 1.54) is 48.7 Å². The number of nitrogen functional groups attached to an aromatic ring is 1. The number of likely N-dealkylation sites (tertiary alicyclic amines) is 1. The molecule has 1 saturated heterocycles. The first kappa shape index (κ1) is 11.5. The van der Waals surface area contributed by atoms with Gasteiger partial charge in [0.2, 0.25) is 0 Å². The standard InChI is InChI=1S/C16H20N2/c17-16-11-14-7-3-2-6-13(14)10-15(16)12-18-8-4-1-5-9-18/h2-3,6-7,10-11H,1,4-5,8-9,12,17H2. The first-order chi connectivity index (χ1) is 8.83. The highest BCUT2D eigenvalue weighted by Crippen LogP contribution is 2.24. The van der Waals surface area contributed by atoms with Crippen LogP contribution in [0, 0.1) is 0 Å². The van der Waals surface area contributed by atoms with Crippen molar-refractivity contribution in [1.29, 1.82) is 0 Å². The summed E-state index contributed by atoms with van der Waals surface area (Å²) in [7, 11) is 0. The zero-order valence-electron chi connectivity index (χ0n) is 10.7. The molecule has 18 heavy (non-hydrogen) atoms. The summed E-state index contributed by atoms with van der Waals surface area (Å²) >= 11 is 0. The van der Waals surface area contributed by atoms with E-state index in [2.05, 4.69) is 41.3 Å². The molecule has 2 heteroatoms. The molecule has 0 radical (unpaired) electrons. The number of rotatable bonds is 2. The number of fused-ring (bicyclic) bond motifs is 1. The lowest BCUT2D eigenvalue weighted by Gasteiger charge is -2.27. The van der Waals surface area contributed by atoms with E-state index in [0.717, 1.165) is 12.2 Å². The molecule has 3 rings (SSSR count). The maximum atomic E-state index is 6.18. The normalized spacial score (nSPS) is 17.1. The van der Waals surface area contributed by atoms with E-state index in [-0.39, 0.29) is 0 Å². The minimum Gasteiger partial charge on any atom is -0.398 e. The fraction of sp³-hybridized carbons (Fsp3) is 0.375. The van der Waals surface area contributed by atoms with E-state index in [0.29, 0.717) is 0 Å². The Kier molecular flexibility index (Phi) is 3.20. The van der Waals surface area contributed by atoms with Crippen LogP contribution in [0.5, 0.6) is 0 Å². The van der Waals surface area contributed by atoms with Crippen LogP contribution < -0.4 is 5.73 Å². The van der Waals surface area contributed by atoms with Gasteiger partial charge in [-0.25, -0.2) is 0 Å². The highest BCUT2D eigenvalue weighted by molar-refractivity contribution is 5.86. The van der Waals surface area contributed by atoms with Gasteiger partial charge in [-0.2, -0.15) is 0 Å². The van der Waals surface area contributed by atoms with Crippen molar-refractivity contribution in [2.45, 2.75) is 25.8 Å². The van der Waals surface area contributed by atoms with Crippen LogP contribution in [-0.2, 0) is 6.54 Å². The van der Waals surface area contributed by atoms with Gasteiger partial charge >= 0.3 is 0 Å². The van der Waals surface area contributed by atoms with Crippen LogP contribution in [0.3, 0.4) is 0 Å². The van der Waals surface area contributed by atoms with Gasteiger partial charge in [0.25, 0.3) is 0 Å². The zero-order valence-corrected chi connectivity index (χ0v) is 10.7. The van der Waals surface area contributed by atoms with Crippen LogP contribution in [0.1, 0.15) is 24.8 Å². The predicted molar refractivity (Wildman–Crippen MR) is 77.5 cm³/mol. The second kappa shape index (κ2) is 4.99. The maximum Gasteiger partial charge on any atom is 0.0366 e. The number of nitrogens with two attached hydrogens (primary N) is 1. The first-order valence-corrected chi connectivity index (χ1v) is 6.82. The molecule has 0 saturated carbocycles. The summed E-state index contributed by atoms with van der Waals surface area (Å²) in [5.41, 5.74) is 8.38. The summed E-state index contributed by atoms with van der Waals surface area (Å²) in [6.07, 6.45) is 4.03. The average molecular weight is 240 g/mol. The molecule has 0 spiro atoms. The Morgan fingerprint density at radius 2 is 1.61 bits per heavy atom. The average Bonchev–Trinajstić information content (AvgIpc) is 2.41. The quantitative estimate of drug-likeness (QED) is 0.815. The SMILES string of the molecule is Nc1cc2ccccc2cc1CN1CCCCC1. The molecule has 1 aliphatic rings. The molecule has 1 fully saturated rings. The second-order valence-corrected chi connectivity index (χ2v) is 5.23. The highest BCUT2D eigenvalue weighted by atomic mass is 15.1. The summed E-state index contributed by atoms with van der Waals surface area (Å²) in [5, 5.41) is 2.52. The molecule has 0 amide bonds. The molecule has 0 aromatic heterocycles. The van der Waals surface area contributed by atoms with Crippen molar-refractivity contribution >= 4 is 16.5 Å². The molecular formula is C16H20N2. The minimum atomic E-state index is 0.930. The summed E-state index contributed by atoms with van der Waals surface area (Å²) in [4.78, 5) is 2.52. The van der Waals surface area contributed by atoms with Crippen LogP contribution in [0.4, 0.5) is 5.69 Å². The third-order valence-electron chi connectivity index (χ3n) is 3.85.